The molecule has 1 unspecified atom stereocenters. The molecule has 2 heterocycles. The van der Waals surface area contributed by atoms with Crippen LogP contribution in [-0.4, -0.2) is 25.1 Å². The molecule has 0 aliphatic rings. The minimum Gasteiger partial charge on any atom is -0.380 e. The van der Waals surface area contributed by atoms with Crippen molar-refractivity contribution in [2.75, 3.05) is 0 Å². The average molecular weight is 266 g/mol. The first kappa shape index (κ1) is 12.5. The van der Waals surface area contributed by atoms with Crippen LogP contribution in [0.1, 0.15) is 23.1 Å². The smallest absolute Gasteiger partial charge is 0.140 e. The average Bonchev–Trinajstić information content (AvgIpc) is 2.97. The largest absolute Gasteiger partial charge is 0.380 e. The highest BCUT2D eigenvalue weighted by molar-refractivity contribution is 5.34. The number of para-hydroxylation sites is 1. The molecule has 1 atom stereocenters. The summed E-state index contributed by atoms with van der Waals surface area (Å²) >= 11 is 0. The molecule has 2 aromatic heterocycles. The van der Waals surface area contributed by atoms with Gasteiger partial charge >= 0.3 is 0 Å². The van der Waals surface area contributed by atoms with Crippen molar-refractivity contribution in [2.24, 2.45) is 0 Å². The Morgan fingerprint density at radius 1 is 1.10 bits per heavy atom. The van der Waals surface area contributed by atoms with Crippen molar-refractivity contribution in [1.29, 1.82) is 0 Å². The number of aliphatic hydroxyl groups excluding tert-OH is 1. The monoisotopic (exact) mass is 266 g/mol. The molecule has 0 fully saturated rings. The van der Waals surface area contributed by atoms with E-state index in [1.807, 2.05) is 49.4 Å². The van der Waals surface area contributed by atoms with Crippen LogP contribution in [-0.2, 0) is 0 Å². The molecule has 0 amide bonds. The zero-order valence-corrected chi connectivity index (χ0v) is 11.0. The summed E-state index contributed by atoms with van der Waals surface area (Å²) in [5, 5.41) is 18.5. The zero-order chi connectivity index (χ0) is 13.9. The predicted octanol–water partition coefficient (Wildman–Crippen LogP) is 2.05. The summed E-state index contributed by atoms with van der Waals surface area (Å²) in [4.78, 5) is 4.25. The number of aliphatic hydroxyl groups is 1. The summed E-state index contributed by atoms with van der Waals surface area (Å²) in [6, 6.07) is 13.4. The SMILES string of the molecule is Cc1cccnc1C(O)c1cnnn1-c1ccccc1. The molecule has 3 aromatic rings. The highest BCUT2D eigenvalue weighted by Crippen LogP contribution is 2.23. The van der Waals surface area contributed by atoms with Crippen molar-refractivity contribution >= 4 is 0 Å². The lowest BCUT2D eigenvalue weighted by molar-refractivity contribution is 0.206. The van der Waals surface area contributed by atoms with E-state index in [4.69, 9.17) is 0 Å². The van der Waals surface area contributed by atoms with Crippen LogP contribution in [0.3, 0.4) is 0 Å². The molecular formula is C15H14N4O. The third-order valence-corrected chi connectivity index (χ3v) is 3.17. The molecule has 0 bridgehead atoms. The Morgan fingerprint density at radius 2 is 1.90 bits per heavy atom. The van der Waals surface area contributed by atoms with Gasteiger partial charge in [-0.3, -0.25) is 4.98 Å². The fraction of sp³-hybridized carbons (Fsp3) is 0.133. The predicted molar refractivity (Wildman–Crippen MR) is 74.4 cm³/mol. The maximum atomic E-state index is 10.5. The number of rotatable bonds is 3. The van der Waals surface area contributed by atoms with Crippen LogP contribution < -0.4 is 0 Å². The first-order valence-electron chi connectivity index (χ1n) is 6.33. The Morgan fingerprint density at radius 3 is 2.65 bits per heavy atom. The summed E-state index contributed by atoms with van der Waals surface area (Å²) in [5.74, 6) is 0. The van der Waals surface area contributed by atoms with Crippen LogP contribution in [0.15, 0.2) is 54.9 Å². The molecule has 1 N–H and O–H groups in total. The van der Waals surface area contributed by atoms with Crippen molar-refractivity contribution in [3.63, 3.8) is 0 Å². The molecule has 5 heteroatoms. The van der Waals surface area contributed by atoms with Gasteiger partial charge in [0, 0.05) is 6.20 Å². The Labute approximate surface area is 116 Å². The summed E-state index contributed by atoms with van der Waals surface area (Å²) in [6.45, 7) is 1.92. The van der Waals surface area contributed by atoms with Crippen LogP contribution in [0.4, 0.5) is 0 Å². The fourth-order valence-corrected chi connectivity index (χ4v) is 2.12. The fourth-order valence-electron chi connectivity index (χ4n) is 2.12. The highest BCUT2D eigenvalue weighted by Gasteiger charge is 2.19. The molecule has 0 radical (unpaired) electrons. The van der Waals surface area contributed by atoms with Crippen molar-refractivity contribution in [3.05, 3.63) is 71.8 Å². The molecular weight excluding hydrogens is 252 g/mol. The summed E-state index contributed by atoms with van der Waals surface area (Å²) < 4.78 is 1.62. The second-order valence-electron chi connectivity index (χ2n) is 4.51. The molecule has 0 spiro atoms. The van der Waals surface area contributed by atoms with Crippen molar-refractivity contribution in [1.82, 2.24) is 20.0 Å². The molecule has 0 saturated heterocycles. The van der Waals surface area contributed by atoms with Gasteiger partial charge in [-0.1, -0.05) is 29.5 Å². The normalized spacial score (nSPS) is 12.3. The van der Waals surface area contributed by atoms with E-state index in [0.29, 0.717) is 11.4 Å². The maximum Gasteiger partial charge on any atom is 0.140 e. The molecule has 0 aliphatic carbocycles. The zero-order valence-electron chi connectivity index (χ0n) is 11.0. The van der Waals surface area contributed by atoms with E-state index >= 15 is 0 Å². The molecule has 0 aliphatic heterocycles. The van der Waals surface area contributed by atoms with E-state index in [1.165, 1.54) is 0 Å². The van der Waals surface area contributed by atoms with Gasteiger partial charge < -0.3 is 5.11 Å². The van der Waals surface area contributed by atoms with Crippen LogP contribution >= 0.6 is 0 Å². The number of aryl methyl sites for hydroxylation is 1. The van der Waals surface area contributed by atoms with Crippen LogP contribution in [0.2, 0.25) is 0 Å². The van der Waals surface area contributed by atoms with Gasteiger partial charge in [-0.25, -0.2) is 4.68 Å². The van der Waals surface area contributed by atoms with Gasteiger partial charge in [-0.05, 0) is 30.7 Å². The standard InChI is InChI=1S/C15H14N4O/c1-11-6-5-9-16-14(11)15(20)13-10-17-18-19(13)12-7-3-2-4-8-12/h2-10,15,20H,1H3. The Kier molecular flexibility index (Phi) is 3.26. The minimum absolute atomic E-state index is 0.595. The number of benzene rings is 1. The molecule has 100 valence electrons. The van der Waals surface area contributed by atoms with Gasteiger partial charge in [-0.15, -0.1) is 5.10 Å². The third kappa shape index (κ3) is 2.19. The van der Waals surface area contributed by atoms with Crippen molar-refractivity contribution in [2.45, 2.75) is 13.0 Å². The van der Waals surface area contributed by atoms with Gasteiger partial charge in [0.15, 0.2) is 0 Å². The van der Waals surface area contributed by atoms with Gasteiger partial charge in [0.05, 0.1) is 23.3 Å². The number of aromatic nitrogens is 4. The van der Waals surface area contributed by atoms with Crippen molar-refractivity contribution in [3.8, 4) is 5.69 Å². The van der Waals surface area contributed by atoms with E-state index < -0.39 is 6.10 Å². The van der Waals surface area contributed by atoms with Crippen LogP contribution in [0.5, 0.6) is 0 Å². The van der Waals surface area contributed by atoms with E-state index in [0.717, 1.165) is 11.3 Å². The summed E-state index contributed by atoms with van der Waals surface area (Å²) in [6.07, 6.45) is 2.37. The van der Waals surface area contributed by atoms with Gasteiger partial charge in [0.25, 0.3) is 0 Å². The Hall–Kier alpha value is -2.53. The Bertz CT molecular complexity index is 709. The highest BCUT2D eigenvalue weighted by atomic mass is 16.3. The molecule has 3 rings (SSSR count). The van der Waals surface area contributed by atoms with Gasteiger partial charge in [0.1, 0.15) is 6.10 Å². The third-order valence-electron chi connectivity index (χ3n) is 3.17. The first-order chi connectivity index (χ1) is 9.77. The quantitative estimate of drug-likeness (QED) is 0.788. The first-order valence-corrected chi connectivity index (χ1v) is 6.33. The van der Waals surface area contributed by atoms with Gasteiger partial charge in [-0.2, -0.15) is 0 Å². The second-order valence-corrected chi connectivity index (χ2v) is 4.51. The summed E-state index contributed by atoms with van der Waals surface area (Å²) in [5.41, 5.74) is 3.00. The Balaban J connectivity index is 2.04. The molecule has 1 aromatic carbocycles. The van der Waals surface area contributed by atoms with Crippen molar-refractivity contribution < 1.29 is 5.11 Å². The molecule has 0 saturated carbocycles. The topological polar surface area (TPSA) is 63.8 Å². The van der Waals surface area contributed by atoms with E-state index in [1.54, 1.807) is 17.1 Å². The molecule has 20 heavy (non-hydrogen) atoms. The minimum atomic E-state index is -0.855. The lowest BCUT2D eigenvalue weighted by Gasteiger charge is -2.13. The molecule has 5 nitrogen and oxygen atoms in total. The van der Waals surface area contributed by atoms with Crippen LogP contribution in [0.25, 0.3) is 5.69 Å². The van der Waals surface area contributed by atoms with Gasteiger partial charge in [0.2, 0.25) is 0 Å². The maximum absolute atomic E-state index is 10.5. The number of nitrogens with zero attached hydrogens (tertiary/aromatic N) is 4. The van der Waals surface area contributed by atoms with E-state index in [-0.39, 0.29) is 0 Å². The lowest BCUT2D eigenvalue weighted by Crippen LogP contribution is -2.11. The lowest BCUT2D eigenvalue weighted by atomic mass is 10.1. The van der Waals surface area contributed by atoms with E-state index in [9.17, 15) is 5.11 Å². The van der Waals surface area contributed by atoms with E-state index in [2.05, 4.69) is 15.3 Å². The second kappa shape index (κ2) is 5.22. The summed E-state index contributed by atoms with van der Waals surface area (Å²) in [7, 11) is 0. The number of hydrogen-bond acceptors (Lipinski definition) is 4. The van der Waals surface area contributed by atoms with Crippen LogP contribution in [0, 0.1) is 6.92 Å². The number of pyridine rings is 1. The number of hydrogen-bond donors (Lipinski definition) is 1.